The van der Waals surface area contributed by atoms with Gasteiger partial charge in [0, 0.05) is 6.54 Å². The van der Waals surface area contributed by atoms with Gasteiger partial charge in [-0.3, -0.25) is 0 Å². The molecule has 4 N–H and O–H groups in total. The normalized spacial score (nSPS) is 10.8. The summed E-state index contributed by atoms with van der Waals surface area (Å²) in [5.74, 6) is 1.73. The third kappa shape index (κ3) is 4.11. The maximum atomic E-state index is 5.38. The van der Waals surface area contributed by atoms with Gasteiger partial charge in [-0.2, -0.15) is 4.98 Å². The summed E-state index contributed by atoms with van der Waals surface area (Å²) in [5.41, 5.74) is 5.38. The Bertz CT molecular complexity index is 255. The van der Waals surface area contributed by atoms with Gasteiger partial charge in [0.25, 0.3) is 0 Å². The van der Waals surface area contributed by atoms with Gasteiger partial charge in [0.1, 0.15) is 0 Å². The van der Waals surface area contributed by atoms with Gasteiger partial charge in [0.05, 0.1) is 0 Å². The fourth-order valence-electron chi connectivity index (χ4n) is 1.23. The predicted molar refractivity (Wildman–Crippen MR) is 58.0 cm³/mol. The molecule has 0 spiro atoms. The molecule has 0 fully saturated rings. The minimum absolute atomic E-state index is 0.356. The topological polar surface area (TPSA) is 79.6 Å². The van der Waals surface area contributed by atoms with Gasteiger partial charge in [0.2, 0.25) is 11.9 Å². The van der Waals surface area contributed by atoms with Crippen LogP contribution in [0.2, 0.25) is 0 Å². The molecule has 1 aromatic rings. The van der Waals surface area contributed by atoms with Crippen LogP contribution in [-0.2, 0) is 0 Å². The van der Waals surface area contributed by atoms with E-state index in [4.69, 9.17) is 5.73 Å². The smallest absolute Gasteiger partial charge is 0.243 e. The van der Waals surface area contributed by atoms with Crippen LogP contribution in [0.3, 0.4) is 0 Å². The Balaban J connectivity index is 2.04. The molecule has 0 unspecified atom stereocenters. The Morgan fingerprint density at radius 3 is 2.79 bits per heavy atom. The monoisotopic (exact) mass is 197 g/mol. The van der Waals surface area contributed by atoms with Crippen LogP contribution in [0.25, 0.3) is 0 Å². The van der Waals surface area contributed by atoms with Gasteiger partial charge in [-0.15, -0.1) is 5.10 Å². The van der Waals surface area contributed by atoms with E-state index in [-0.39, 0.29) is 0 Å². The number of nitrogens with two attached hydrogens (primary N) is 1. The molecule has 5 heteroatoms. The molecule has 1 heterocycles. The number of aromatic amines is 1. The molecule has 1 rings (SSSR count). The van der Waals surface area contributed by atoms with Crippen molar-refractivity contribution in [2.45, 2.75) is 33.1 Å². The molecule has 14 heavy (non-hydrogen) atoms. The molecule has 0 amide bonds. The molecule has 0 aromatic carbocycles. The quantitative estimate of drug-likeness (QED) is 0.605. The maximum absolute atomic E-state index is 5.38. The first-order valence-corrected chi connectivity index (χ1v) is 5.10. The molecule has 0 radical (unpaired) electrons. The second kappa shape index (κ2) is 5.47. The lowest BCUT2D eigenvalue weighted by Crippen LogP contribution is -2.03. The van der Waals surface area contributed by atoms with Gasteiger partial charge in [0.15, 0.2) is 0 Å². The Morgan fingerprint density at radius 2 is 2.21 bits per heavy atom. The molecule has 0 aliphatic heterocycles. The Labute approximate surface area is 84.5 Å². The highest BCUT2D eigenvalue weighted by Crippen LogP contribution is 2.06. The van der Waals surface area contributed by atoms with E-state index in [9.17, 15) is 0 Å². The highest BCUT2D eigenvalue weighted by molar-refractivity contribution is 5.29. The number of nitrogens with zero attached hydrogens (tertiary/aromatic N) is 2. The van der Waals surface area contributed by atoms with E-state index in [1.807, 2.05) is 0 Å². The standard InChI is InChI=1S/C9H19N5/c1-7(2)5-3-4-6-11-9-12-8(10)13-14-9/h7H,3-6H2,1-2H3,(H4,10,11,12,13,14). The van der Waals surface area contributed by atoms with Crippen LogP contribution in [0.5, 0.6) is 0 Å². The zero-order valence-corrected chi connectivity index (χ0v) is 8.88. The summed E-state index contributed by atoms with van der Waals surface area (Å²) in [6.07, 6.45) is 3.66. The van der Waals surface area contributed by atoms with Gasteiger partial charge in [-0.1, -0.05) is 26.7 Å². The average Bonchev–Trinajstić information content (AvgIpc) is 2.50. The Hall–Kier alpha value is -1.26. The first-order chi connectivity index (χ1) is 6.68. The number of nitrogens with one attached hydrogen (secondary N) is 2. The number of anilines is 2. The Kier molecular flexibility index (Phi) is 4.22. The second-order valence-electron chi connectivity index (χ2n) is 3.86. The molecule has 0 aliphatic rings. The third-order valence-electron chi connectivity index (χ3n) is 1.99. The minimum atomic E-state index is 0.356. The number of hydrogen-bond donors (Lipinski definition) is 3. The van der Waals surface area contributed by atoms with Crippen molar-refractivity contribution in [3.05, 3.63) is 0 Å². The molecule has 0 saturated heterocycles. The summed E-state index contributed by atoms with van der Waals surface area (Å²) in [6, 6.07) is 0. The lowest BCUT2D eigenvalue weighted by Gasteiger charge is -2.04. The van der Waals surface area contributed by atoms with Gasteiger partial charge >= 0.3 is 0 Å². The number of hydrogen-bond acceptors (Lipinski definition) is 4. The zero-order chi connectivity index (χ0) is 10.4. The molecule has 0 saturated carbocycles. The van der Waals surface area contributed by atoms with E-state index < -0.39 is 0 Å². The van der Waals surface area contributed by atoms with Gasteiger partial charge in [-0.25, -0.2) is 5.10 Å². The van der Waals surface area contributed by atoms with Crippen LogP contribution in [0.4, 0.5) is 11.9 Å². The lowest BCUT2D eigenvalue weighted by molar-refractivity contribution is 0.544. The molecule has 0 bridgehead atoms. The van der Waals surface area contributed by atoms with Crippen LogP contribution < -0.4 is 11.1 Å². The van der Waals surface area contributed by atoms with E-state index in [1.54, 1.807) is 0 Å². The van der Waals surface area contributed by atoms with Crippen molar-refractivity contribution in [3.63, 3.8) is 0 Å². The number of rotatable bonds is 6. The molecular weight excluding hydrogens is 178 g/mol. The maximum Gasteiger partial charge on any atom is 0.243 e. The molecule has 80 valence electrons. The highest BCUT2D eigenvalue weighted by atomic mass is 15.3. The minimum Gasteiger partial charge on any atom is -0.368 e. The number of nitrogen functional groups attached to an aromatic ring is 1. The van der Waals surface area contributed by atoms with E-state index in [2.05, 4.69) is 34.3 Å². The third-order valence-corrected chi connectivity index (χ3v) is 1.99. The van der Waals surface area contributed by atoms with E-state index in [0.717, 1.165) is 18.9 Å². The van der Waals surface area contributed by atoms with Crippen LogP contribution >= 0.6 is 0 Å². The van der Waals surface area contributed by atoms with E-state index in [0.29, 0.717) is 11.9 Å². The summed E-state index contributed by atoms with van der Waals surface area (Å²) in [5, 5.41) is 9.56. The molecule has 1 aromatic heterocycles. The van der Waals surface area contributed by atoms with Gasteiger partial charge < -0.3 is 11.1 Å². The average molecular weight is 197 g/mol. The Morgan fingerprint density at radius 1 is 1.43 bits per heavy atom. The number of H-pyrrole nitrogens is 1. The summed E-state index contributed by atoms with van der Waals surface area (Å²) in [7, 11) is 0. The summed E-state index contributed by atoms with van der Waals surface area (Å²) in [6.45, 7) is 5.39. The highest BCUT2D eigenvalue weighted by Gasteiger charge is 1.98. The first kappa shape index (κ1) is 10.8. The van der Waals surface area contributed by atoms with Crippen LogP contribution in [0.1, 0.15) is 33.1 Å². The van der Waals surface area contributed by atoms with Crippen molar-refractivity contribution in [1.82, 2.24) is 15.2 Å². The molecule has 0 atom stereocenters. The predicted octanol–water partition coefficient (Wildman–Crippen LogP) is 1.63. The van der Waals surface area contributed by atoms with Crippen LogP contribution in [0, 0.1) is 5.92 Å². The van der Waals surface area contributed by atoms with Crippen molar-refractivity contribution >= 4 is 11.9 Å². The molecular formula is C9H19N5. The summed E-state index contributed by atoms with van der Waals surface area (Å²) in [4.78, 5) is 3.94. The van der Waals surface area contributed by atoms with Crippen molar-refractivity contribution in [3.8, 4) is 0 Å². The number of aromatic nitrogens is 3. The largest absolute Gasteiger partial charge is 0.368 e. The summed E-state index contributed by atoms with van der Waals surface area (Å²) < 4.78 is 0. The first-order valence-electron chi connectivity index (χ1n) is 5.10. The van der Waals surface area contributed by atoms with Crippen molar-refractivity contribution in [1.29, 1.82) is 0 Å². The lowest BCUT2D eigenvalue weighted by atomic mass is 10.1. The second-order valence-corrected chi connectivity index (χ2v) is 3.86. The number of unbranched alkanes of at least 4 members (excludes halogenated alkanes) is 1. The van der Waals surface area contributed by atoms with E-state index in [1.165, 1.54) is 12.8 Å². The molecule has 5 nitrogen and oxygen atoms in total. The van der Waals surface area contributed by atoms with Crippen molar-refractivity contribution in [2.75, 3.05) is 17.6 Å². The van der Waals surface area contributed by atoms with Crippen molar-refractivity contribution < 1.29 is 0 Å². The van der Waals surface area contributed by atoms with Crippen LogP contribution in [-0.4, -0.2) is 21.7 Å². The SMILES string of the molecule is CC(C)CCCCNc1n[nH]c(N)n1. The van der Waals surface area contributed by atoms with Crippen molar-refractivity contribution in [2.24, 2.45) is 5.92 Å². The van der Waals surface area contributed by atoms with Gasteiger partial charge in [-0.05, 0) is 12.3 Å². The molecule has 0 aliphatic carbocycles. The zero-order valence-electron chi connectivity index (χ0n) is 8.88. The fraction of sp³-hybridized carbons (Fsp3) is 0.778. The van der Waals surface area contributed by atoms with E-state index >= 15 is 0 Å². The fourth-order valence-corrected chi connectivity index (χ4v) is 1.23. The summed E-state index contributed by atoms with van der Waals surface area (Å²) >= 11 is 0. The van der Waals surface area contributed by atoms with Crippen LogP contribution in [0.15, 0.2) is 0 Å².